The van der Waals surface area contributed by atoms with E-state index in [2.05, 4.69) is 15.0 Å². The van der Waals surface area contributed by atoms with Crippen molar-refractivity contribution in [2.75, 3.05) is 31.1 Å². The Morgan fingerprint density at radius 2 is 1.77 bits per heavy atom. The highest BCUT2D eigenvalue weighted by Gasteiger charge is 2.32. The second-order valence-electron chi connectivity index (χ2n) is 7.27. The molecule has 0 radical (unpaired) electrons. The average Bonchev–Trinajstić information content (AvgIpc) is 3.11. The van der Waals surface area contributed by atoms with Crippen molar-refractivity contribution in [3.8, 4) is 5.75 Å². The first kappa shape index (κ1) is 21.0. The largest absolute Gasteiger partial charge is 0.573 e. The van der Waals surface area contributed by atoms with E-state index in [4.69, 9.17) is 0 Å². The summed E-state index contributed by atoms with van der Waals surface area (Å²) in [5.74, 6) is 0.0568. The Bertz CT molecular complexity index is 1240. The van der Waals surface area contributed by atoms with Crippen molar-refractivity contribution in [3.63, 3.8) is 0 Å². The van der Waals surface area contributed by atoms with Gasteiger partial charge in [0, 0.05) is 45.8 Å². The van der Waals surface area contributed by atoms with Crippen LogP contribution in [0.1, 0.15) is 5.56 Å². The summed E-state index contributed by atoms with van der Waals surface area (Å²) >= 11 is 0. The summed E-state index contributed by atoms with van der Waals surface area (Å²) in [5.41, 5.74) is -0.557. The van der Waals surface area contributed by atoms with Crippen molar-refractivity contribution in [2.45, 2.75) is 12.9 Å². The first-order valence-electron chi connectivity index (χ1n) is 9.63. The number of aryl methyl sites for hydroxylation is 1. The third-order valence-electron chi connectivity index (χ3n) is 5.25. The number of nitrogens with zero attached hydrogens (tertiary/aromatic N) is 5. The molecule has 9 nitrogen and oxygen atoms in total. The average molecular weight is 438 g/mol. The van der Waals surface area contributed by atoms with Crippen LogP contribution in [-0.2, 0) is 20.6 Å². The lowest BCUT2D eigenvalue weighted by Crippen LogP contribution is -2.44. The molecular formula is C19H21F3N6O3. The number of aromatic nitrogens is 4. The molecular weight excluding hydrogens is 417 g/mol. The summed E-state index contributed by atoms with van der Waals surface area (Å²) in [6.07, 6.45) is -4.85. The van der Waals surface area contributed by atoms with Crippen molar-refractivity contribution in [1.29, 1.82) is 0 Å². The molecule has 1 N–H and O–H groups in total. The van der Waals surface area contributed by atoms with Gasteiger partial charge in [-0.3, -0.25) is 18.5 Å². The zero-order chi connectivity index (χ0) is 22.3. The molecule has 1 saturated heterocycles. The maximum absolute atomic E-state index is 13.0. The number of ether oxygens (including phenoxy) is 1. The Labute approximate surface area is 174 Å². The first-order valence-corrected chi connectivity index (χ1v) is 9.63. The summed E-state index contributed by atoms with van der Waals surface area (Å²) in [6.45, 7) is 2.48. The molecule has 0 unspecified atom stereocenters. The molecule has 1 fully saturated rings. The highest BCUT2D eigenvalue weighted by molar-refractivity contribution is 5.75. The van der Waals surface area contributed by atoms with E-state index in [1.54, 1.807) is 10.6 Å². The number of rotatable bonds is 4. The monoisotopic (exact) mass is 438 g/mol. The molecule has 3 heterocycles. The number of anilines is 1. The molecule has 1 aromatic carbocycles. The maximum Gasteiger partial charge on any atom is 0.573 e. The van der Waals surface area contributed by atoms with Crippen LogP contribution in [0.15, 0.2) is 33.9 Å². The van der Waals surface area contributed by atoms with E-state index in [0.717, 1.165) is 4.57 Å². The minimum Gasteiger partial charge on any atom is -0.405 e. The van der Waals surface area contributed by atoms with Crippen LogP contribution in [0.4, 0.5) is 19.1 Å². The number of piperazine rings is 1. The van der Waals surface area contributed by atoms with Gasteiger partial charge in [-0.2, -0.15) is 4.98 Å². The van der Waals surface area contributed by atoms with Crippen LogP contribution in [0.3, 0.4) is 0 Å². The van der Waals surface area contributed by atoms with E-state index in [9.17, 15) is 22.8 Å². The Morgan fingerprint density at radius 3 is 2.45 bits per heavy atom. The Kier molecular flexibility index (Phi) is 5.25. The van der Waals surface area contributed by atoms with Gasteiger partial charge in [0.15, 0.2) is 11.2 Å². The smallest absolute Gasteiger partial charge is 0.405 e. The van der Waals surface area contributed by atoms with Crippen molar-refractivity contribution >= 4 is 17.1 Å². The lowest BCUT2D eigenvalue weighted by molar-refractivity contribution is -0.274. The molecule has 4 rings (SSSR count). The Balaban J connectivity index is 1.93. The zero-order valence-electron chi connectivity index (χ0n) is 16.9. The molecule has 31 heavy (non-hydrogen) atoms. The molecule has 0 bridgehead atoms. The molecule has 1 aliphatic rings. The minimum atomic E-state index is -4.85. The van der Waals surface area contributed by atoms with Crippen LogP contribution < -0.4 is 26.2 Å². The van der Waals surface area contributed by atoms with Gasteiger partial charge in [0.25, 0.3) is 5.56 Å². The van der Waals surface area contributed by atoms with Crippen LogP contribution >= 0.6 is 0 Å². The summed E-state index contributed by atoms with van der Waals surface area (Å²) in [4.78, 5) is 31.8. The molecule has 12 heteroatoms. The van der Waals surface area contributed by atoms with Gasteiger partial charge in [0.2, 0.25) is 5.95 Å². The molecule has 1 aliphatic heterocycles. The summed E-state index contributed by atoms with van der Waals surface area (Å²) in [5, 5.41) is 3.22. The molecule has 0 atom stereocenters. The quantitative estimate of drug-likeness (QED) is 0.649. The van der Waals surface area contributed by atoms with Crippen molar-refractivity contribution in [3.05, 3.63) is 50.7 Å². The second kappa shape index (κ2) is 7.76. The number of alkyl halides is 3. The number of hydrogen-bond donors (Lipinski definition) is 1. The molecule has 2 aromatic heterocycles. The predicted molar refractivity (Wildman–Crippen MR) is 108 cm³/mol. The van der Waals surface area contributed by atoms with Gasteiger partial charge in [0.05, 0.1) is 6.54 Å². The molecule has 0 saturated carbocycles. The zero-order valence-corrected chi connectivity index (χ0v) is 16.9. The molecule has 0 spiro atoms. The molecule has 166 valence electrons. The lowest BCUT2D eigenvalue weighted by Gasteiger charge is -2.29. The van der Waals surface area contributed by atoms with Gasteiger partial charge in [-0.05, 0) is 6.07 Å². The summed E-state index contributed by atoms with van der Waals surface area (Å²) in [6, 6.07) is 5.76. The van der Waals surface area contributed by atoms with Crippen LogP contribution in [0.5, 0.6) is 5.75 Å². The number of fused-ring (bicyclic) bond motifs is 1. The number of imidazole rings is 1. The van der Waals surface area contributed by atoms with E-state index < -0.39 is 17.6 Å². The SMILES string of the molecule is Cn1c(=O)c2c(nc(N3CCNCC3)n2Cc2ccccc2OC(F)(F)F)n(C)c1=O. The van der Waals surface area contributed by atoms with Gasteiger partial charge >= 0.3 is 12.1 Å². The maximum atomic E-state index is 13.0. The molecule has 3 aromatic rings. The normalized spacial score (nSPS) is 14.9. The van der Waals surface area contributed by atoms with E-state index >= 15 is 0 Å². The van der Waals surface area contributed by atoms with Crippen LogP contribution in [0.2, 0.25) is 0 Å². The summed E-state index contributed by atoms with van der Waals surface area (Å²) < 4.78 is 46.6. The van der Waals surface area contributed by atoms with Gasteiger partial charge in [0.1, 0.15) is 5.75 Å². The number of benzene rings is 1. The van der Waals surface area contributed by atoms with Crippen LogP contribution in [-0.4, -0.2) is 51.2 Å². The highest BCUT2D eigenvalue weighted by Crippen LogP contribution is 2.29. The fraction of sp³-hybridized carbons (Fsp3) is 0.421. The third kappa shape index (κ3) is 3.90. The predicted octanol–water partition coefficient (Wildman–Crippen LogP) is 0.790. The van der Waals surface area contributed by atoms with Crippen LogP contribution in [0, 0.1) is 0 Å². The van der Waals surface area contributed by atoms with E-state index in [-0.39, 0.29) is 29.0 Å². The van der Waals surface area contributed by atoms with E-state index in [0.29, 0.717) is 32.1 Å². The van der Waals surface area contributed by atoms with Gasteiger partial charge < -0.3 is 15.0 Å². The third-order valence-corrected chi connectivity index (χ3v) is 5.25. The summed E-state index contributed by atoms with van der Waals surface area (Å²) in [7, 11) is 2.86. The fourth-order valence-corrected chi connectivity index (χ4v) is 3.72. The molecule has 0 amide bonds. The van der Waals surface area contributed by atoms with Crippen LogP contribution in [0.25, 0.3) is 11.2 Å². The second-order valence-corrected chi connectivity index (χ2v) is 7.27. The van der Waals surface area contributed by atoms with E-state index in [1.807, 2.05) is 4.90 Å². The van der Waals surface area contributed by atoms with Gasteiger partial charge in [-0.25, -0.2) is 4.79 Å². The van der Waals surface area contributed by atoms with Gasteiger partial charge in [-0.15, -0.1) is 13.2 Å². The van der Waals surface area contributed by atoms with Crippen molar-refractivity contribution < 1.29 is 17.9 Å². The van der Waals surface area contributed by atoms with Crippen molar-refractivity contribution in [1.82, 2.24) is 24.0 Å². The molecule has 0 aliphatic carbocycles. The van der Waals surface area contributed by atoms with E-state index in [1.165, 1.54) is 36.9 Å². The minimum absolute atomic E-state index is 0.0878. The number of para-hydroxylation sites is 1. The highest BCUT2D eigenvalue weighted by atomic mass is 19.4. The number of hydrogen-bond acceptors (Lipinski definition) is 6. The first-order chi connectivity index (χ1) is 14.7. The number of halogens is 3. The van der Waals surface area contributed by atoms with Gasteiger partial charge in [-0.1, -0.05) is 18.2 Å². The Morgan fingerprint density at radius 1 is 1.10 bits per heavy atom. The topological polar surface area (TPSA) is 86.3 Å². The fourth-order valence-electron chi connectivity index (χ4n) is 3.72. The van der Waals surface area contributed by atoms with Crippen molar-refractivity contribution in [2.24, 2.45) is 14.1 Å². The lowest BCUT2D eigenvalue weighted by atomic mass is 10.2. The Hall–Kier alpha value is -3.28. The number of nitrogens with one attached hydrogen (secondary N) is 1. The standard InChI is InChI=1S/C19H21F3N6O3/c1-25-15-14(16(29)26(2)18(25)30)28(17(24-15)27-9-7-23-8-10-27)11-12-5-3-4-6-13(12)31-19(20,21)22/h3-6,23H,7-11H2,1-2H3.